The average molecular weight is 328 g/mol. The highest BCUT2D eigenvalue weighted by atomic mass is 35.5. The van der Waals surface area contributed by atoms with E-state index in [2.05, 4.69) is 5.32 Å². The van der Waals surface area contributed by atoms with Gasteiger partial charge in [0.25, 0.3) is 0 Å². The van der Waals surface area contributed by atoms with Gasteiger partial charge in [0.2, 0.25) is 5.91 Å². The van der Waals surface area contributed by atoms with Crippen LogP contribution < -0.4 is 5.32 Å². The Bertz CT molecular complexity index is 579. The van der Waals surface area contributed by atoms with Gasteiger partial charge in [0.15, 0.2) is 0 Å². The van der Waals surface area contributed by atoms with Crippen LogP contribution in [-0.2, 0) is 11.2 Å². The third kappa shape index (κ3) is 5.08. The summed E-state index contributed by atoms with van der Waals surface area (Å²) in [6.07, 6.45) is 1.54. The molecule has 1 aromatic carbocycles. The molecular weight excluding hydrogens is 313 g/mol. The molecule has 0 saturated heterocycles. The fourth-order valence-corrected chi connectivity index (χ4v) is 2.42. The molecule has 1 heterocycles. The molecule has 1 amide bonds. The number of carbonyl (C=O) groups is 1. The molecule has 112 valence electrons. The minimum absolute atomic E-state index is 0.105. The number of nitrogens with one attached hydrogen (secondary N) is 1. The van der Waals surface area contributed by atoms with E-state index < -0.39 is 6.10 Å². The fraction of sp³-hybridized carbons (Fsp3) is 0.267. The third-order valence-electron chi connectivity index (χ3n) is 2.94. The van der Waals surface area contributed by atoms with E-state index in [1.54, 1.807) is 30.5 Å². The average Bonchev–Trinajstić information content (AvgIpc) is 2.94. The quantitative estimate of drug-likeness (QED) is 0.855. The predicted octanol–water partition coefficient (Wildman–Crippen LogP) is 3.37. The molecule has 0 aliphatic rings. The monoisotopic (exact) mass is 327 g/mol. The van der Waals surface area contributed by atoms with E-state index in [1.165, 1.54) is 0 Å². The number of aryl methyl sites for hydroxylation is 1. The van der Waals surface area contributed by atoms with E-state index in [0.29, 0.717) is 28.5 Å². The number of rotatable bonds is 6. The number of hydrogen-bond acceptors (Lipinski definition) is 3. The molecule has 0 radical (unpaired) electrons. The summed E-state index contributed by atoms with van der Waals surface area (Å²) >= 11 is 11.7. The number of aliphatic hydroxyl groups excluding tert-OH is 1. The molecule has 6 heteroatoms. The Morgan fingerprint density at radius 3 is 2.62 bits per heavy atom. The molecule has 0 fully saturated rings. The number of halogens is 2. The lowest BCUT2D eigenvalue weighted by Gasteiger charge is -2.13. The highest BCUT2D eigenvalue weighted by Gasteiger charge is 2.11. The lowest BCUT2D eigenvalue weighted by atomic mass is 10.1. The lowest BCUT2D eigenvalue weighted by molar-refractivity contribution is -0.121. The highest BCUT2D eigenvalue weighted by molar-refractivity contribution is 6.34. The van der Waals surface area contributed by atoms with Gasteiger partial charge in [-0.3, -0.25) is 4.79 Å². The van der Waals surface area contributed by atoms with Gasteiger partial charge in [-0.15, -0.1) is 0 Å². The molecule has 1 unspecified atom stereocenters. The number of amides is 1. The van der Waals surface area contributed by atoms with Crippen molar-refractivity contribution in [1.82, 2.24) is 5.32 Å². The van der Waals surface area contributed by atoms with E-state index in [-0.39, 0.29) is 12.5 Å². The van der Waals surface area contributed by atoms with Crippen molar-refractivity contribution in [3.05, 3.63) is 58.0 Å². The number of carbonyl (C=O) groups excluding carboxylic acids is 1. The van der Waals surface area contributed by atoms with E-state index in [9.17, 15) is 9.90 Å². The topological polar surface area (TPSA) is 62.5 Å². The fourth-order valence-electron chi connectivity index (χ4n) is 1.88. The summed E-state index contributed by atoms with van der Waals surface area (Å²) < 4.78 is 5.15. The highest BCUT2D eigenvalue weighted by Crippen LogP contribution is 2.23. The predicted molar refractivity (Wildman–Crippen MR) is 81.5 cm³/mol. The molecule has 0 bridgehead atoms. The van der Waals surface area contributed by atoms with Crippen LogP contribution in [0.25, 0.3) is 0 Å². The largest absolute Gasteiger partial charge is 0.469 e. The van der Waals surface area contributed by atoms with Crippen LogP contribution in [0.1, 0.15) is 23.8 Å². The van der Waals surface area contributed by atoms with Crippen LogP contribution in [-0.4, -0.2) is 17.6 Å². The van der Waals surface area contributed by atoms with Crippen LogP contribution in [0.4, 0.5) is 0 Å². The summed E-state index contributed by atoms with van der Waals surface area (Å²) in [6, 6.07) is 8.41. The first-order valence-electron chi connectivity index (χ1n) is 6.48. The van der Waals surface area contributed by atoms with E-state index in [1.807, 2.05) is 6.07 Å². The maximum Gasteiger partial charge on any atom is 0.220 e. The standard InChI is InChI=1S/C15H15Cl2NO3/c16-11-6-10(7-12(17)8-11)14(19)9-18-15(20)4-3-13-2-1-5-21-13/h1-2,5-8,14,19H,3-4,9H2,(H,18,20). The van der Waals surface area contributed by atoms with E-state index in [4.69, 9.17) is 27.6 Å². The summed E-state index contributed by atoms with van der Waals surface area (Å²) in [4.78, 5) is 11.7. The maximum absolute atomic E-state index is 11.7. The van der Waals surface area contributed by atoms with Crippen molar-refractivity contribution in [3.63, 3.8) is 0 Å². The summed E-state index contributed by atoms with van der Waals surface area (Å²) in [5.41, 5.74) is 0.568. The van der Waals surface area contributed by atoms with Crippen molar-refractivity contribution < 1.29 is 14.3 Å². The molecule has 1 aromatic heterocycles. The first kappa shape index (κ1) is 15.9. The number of hydrogen-bond donors (Lipinski definition) is 2. The SMILES string of the molecule is O=C(CCc1ccco1)NCC(O)c1cc(Cl)cc(Cl)c1. The second kappa shape index (κ2) is 7.50. The zero-order valence-corrected chi connectivity index (χ0v) is 12.7. The molecule has 0 saturated carbocycles. The number of benzene rings is 1. The molecule has 4 nitrogen and oxygen atoms in total. The van der Waals surface area contributed by atoms with Crippen molar-refractivity contribution in [3.8, 4) is 0 Å². The van der Waals surface area contributed by atoms with Gasteiger partial charge in [0.05, 0.1) is 12.4 Å². The van der Waals surface area contributed by atoms with Crippen molar-refractivity contribution in [2.24, 2.45) is 0 Å². The maximum atomic E-state index is 11.7. The molecule has 21 heavy (non-hydrogen) atoms. The Hall–Kier alpha value is -1.49. The minimum Gasteiger partial charge on any atom is -0.469 e. The summed E-state index contributed by atoms with van der Waals surface area (Å²) in [7, 11) is 0. The van der Waals surface area contributed by atoms with Crippen molar-refractivity contribution >= 4 is 29.1 Å². The first-order valence-corrected chi connectivity index (χ1v) is 7.23. The third-order valence-corrected chi connectivity index (χ3v) is 3.38. The van der Waals surface area contributed by atoms with Crippen LogP contribution in [0.3, 0.4) is 0 Å². The van der Waals surface area contributed by atoms with Gasteiger partial charge < -0.3 is 14.8 Å². The summed E-state index contributed by atoms with van der Waals surface area (Å²) in [6.45, 7) is 0.105. The molecule has 2 N–H and O–H groups in total. The van der Waals surface area contributed by atoms with Crippen LogP contribution >= 0.6 is 23.2 Å². The van der Waals surface area contributed by atoms with Gasteiger partial charge in [-0.1, -0.05) is 23.2 Å². The summed E-state index contributed by atoms with van der Waals surface area (Å²) in [5, 5.41) is 13.6. The van der Waals surface area contributed by atoms with Crippen LogP contribution in [0, 0.1) is 0 Å². The second-order valence-corrected chi connectivity index (χ2v) is 5.47. The molecule has 0 aliphatic heterocycles. The number of furan rings is 1. The van der Waals surface area contributed by atoms with Crippen molar-refractivity contribution in [2.75, 3.05) is 6.54 Å². The Kier molecular flexibility index (Phi) is 5.67. The van der Waals surface area contributed by atoms with Gasteiger partial charge in [-0.05, 0) is 35.9 Å². The van der Waals surface area contributed by atoms with Gasteiger partial charge in [0, 0.05) is 29.4 Å². The van der Waals surface area contributed by atoms with Crippen molar-refractivity contribution in [2.45, 2.75) is 18.9 Å². The smallest absolute Gasteiger partial charge is 0.220 e. The molecule has 1 atom stereocenters. The van der Waals surface area contributed by atoms with Crippen LogP contribution in [0.15, 0.2) is 41.0 Å². The Balaban J connectivity index is 1.80. The Morgan fingerprint density at radius 2 is 2.00 bits per heavy atom. The lowest BCUT2D eigenvalue weighted by Crippen LogP contribution is -2.28. The molecule has 2 rings (SSSR count). The van der Waals surface area contributed by atoms with Gasteiger partial charge in [0.1, 0.15) is 5.76 Å². The molecular formula is C15H15Cl2NO3. The molecule has 0 spiro atoms. The minimum atomic E-state index is -0.853. The summed E-state index contributed by atoms with van der Waals surface area (Å²) in [5.74, 6) is 0.603. The van der Waals surface area contributed by atoms with Crippen molar-refractivity contribution in [1.29, 1.82) is 0 Å². The Labute approximate surface area is 132 Å². The first-order chi connectivity index (χ1) is 10.0. The van der Waals surface area contributed by atoms with Gasteiger partial charge in [-0.25, -0.2) is 0 Å². The van der Waals surface area contributed by atoms with Crippen LogP contribution in [0.5, 0.6) is 0 Å². The Morgan fingerprint density at radius 1 is 1.29 bits per heavy atom. The normalized spacial score (nSPS) is 12.1. The number of aliphatic hydroxyl groups is 1. The zero-order chi connectivity index (χ0) is 15.2. The molecule has 0 aliphatic carbocycles. The zero-order valence-electron chi connectivity index (χ0n) is 11.2. The van der Waals surface area contributed by atoms with Gasteiger partial charge in [-0.2, -0.15) is 0 Å². The second-order valence-electron chi connectivity index (χ2n) is 4.60. The van der Waals surface area contributed by atoms with E-state index in [0.717, 1.165) is 5.76 Å². The van der Waals surface area contributed by atoms with Gasteiger partial charge >= 0.3 is 0 Å². The van der Waals surface area contributed by atoms with Crippen LogP contribution in [0.2, 0.25) is 10.0 Å². The van der Waals surface area contributed by atoms with E-state index >= 15 is 0 Å². The molecule has 2 aromatic rings.